The average Bonchev–Trinajstić information content (AvgIpc) is 2.32. The first-order valence-corrected chi connectivity index (χ1v) is 5.96. The van der Waals surface area contributed by atoms with Gasteiger partial charge in [0.2, 0.25) is 0 Å². The van der Waals surface area contributed by atoms with Crippen molar-refractivity contribution in [3.8, 4) is 0 Å². The fourth-order valence-corrected chi connectivity index (χ4v) is 1.99. The van der Waals surface area contributed by atoms with Gasteiger partial charge in [-0.05, 0) is 31.0 Å². The average molecular weight is 222 g/mol. The number of pyridine rings is 1. The van der Waals surface area contributed by atoms with Crippen molar-refractivity contribution in [3.63, 3.8) is 0 Å². The molecule has 90 valence electrons. The Morgan fingerprint density at radius 3 is 2.75 bits per heavy atom. The zero-order chi connectivity index (χ0) is 11.8. The number of hydrogen-bond acceptors (Lipinski definition) is 3. The van der Waals surface area contributed by atoms with Crippen LogP contribution in [-0.4, -0.2) is 30.8 Å². The Morgan fingerprint density at radius 1 is 1.44 bits per heavy atom. The van der Waals surface area contributed by atoms with Crippen LogP contribution in [0.5, 0.6) is 0 Å². The molecule has 3 heteroatoms. The van der Waals surface area contributed by atoms with Gasteiger partial charge in [0.15, 0.2) is 0 Å². The summed E-state index contributed by atoms with van der Waals surface area (Å²) in [6, 6.07) is 4.45. The van der Waals surface area contributed by atoms with Crippen LogP contribution in [0.1, 0.15) is 25.8 Å². The Labute approximate surface area is 98.2 Å². The second-order valence-electron chi connectivity index (χ2n) is 3.91. The third kappa shape index (κ3) is 3.91. The van der Waals surface area contributed by atoms with Crippen molar-refractivity contribution in [3.05, 3.63) is 30.1 Å². The van der Waals surface area contributed by atoms with Gasteiger partial charge in [-0.25, -0.2) is 0 Å². The van der Waals surface area contributed by atoms with Crippen molar-refractivity contribution in [1.82, 2.24) is 10.3 Å². The summed E-state index contributed by atoms with van der Waals surface area (Å²) in [5.74, 6) is 0. The lowest BCUT2D eigenvalue weighted by Crippen LogP contribution is -2.42. The number of nitrogens with one attached hydrogen (secondary N) is 1. The Bertz CT molecular complexity index is 273. The van der Waals surface area contributed by atoms with E-state index in [2.05, 4.69) is 30.2 Å². The van der Waals surface area contributed by atoms with E-state index in [4.69, 9.17) is 4.74 Å². The molecular weight excluding hydrogens is 200 g/mol. The maximum atomic E-state index is 5.50. The molecule has 1 aromatic heterocycles. The van der Waals surface area contributed by atoms with Gasteiger partial charge in [0.1, 0.15) is 0 Å². The molecule has 0 saturated heterocycles. The predicted octanol–water partition coefficient (Wildman–Crippen LogP) is 2.03. The van der Waals surface area contributed by atoms with E-state index < -0.39 is 0 Å². The van der Waals surface area contributed by atoms with Crippen molar-refractivity contribution in [1.29, 1.82) is 0 Å². The van der Waals surface area contributed by atoms with Crippen molar-refractivity contribution in [2.24, 2.45) is 0 Å². The van der Waals surface area contributed by atoms with Crippen LogP contribution in [0.15, 0.2) is 24.5 Å². The lowest BCUT2D eigenvalue weighted by atomic mass is 10.0. The number of nitrogens with zero attached hydrogens (tertiary/aromatic N) is 1. The summed E-state index contributed by atoms with van der Waals surface area (Å²) < 4.78 is 5.50. The van der Waals surface area contributed by atoms with Crippen LogP contribution in [0.3, 0.4) is 0 Å². The summed E-state index contributed by atoms with van der Waals surface area (Å²) in [6.45, 7) is 5.24. The van der Waals surface area contributed by atoms with E-state index in [-0.39, 0.29) is 6.10 Å². The molecule has 2 atom stereocenters. The smallest absolute Gasteiger partial charge is 0.0724 e. The van der Waals surface area contributed by atoms with Crippen LogP contribution in [0.25, 0.3) is 0 Å². The second kappa shape index (κ2) is 7.36. The third-order valence-electron chi connectivity index (χ3n) is 2.80. The van der Waals surface area contributed by atoms with Crippen molar-refractivity contribution in [2.45, 2.75) is 38.8 Å². The first-order chi connectivity index (χ1) is 7.81. The van der Waals surface area contributed by atoms with Crippen LogP contribution in [0.2, 0.25) is 0 Å². The molecule has 3 nitrogen and oxygen atoms in total. The highest BCUT2D eigenvalue weighted by Crippen LogP contribution is 2.09. The lowest BCUT2D eigenvalue weighted by Gasteiger charge is -2.25. The predicted molar refractivity (Wildman–Crippen MR) is 66.5 cm³/mol. The van der Waals surface area contributed by atoms with Gasteiger partial charge in [0.25, 0.3) is 0 Å². The zero-order valence-corrected chi connectivity index (χ0v) is 10.4. The van der Waals surface area contributed by atoms with Crippen LogP contribution in [0.4, 0.5) is 0 Å². The molecule has 1 aromatic rings. The molecule has 0 aliphatic heterocycles. The molecule has 0 aliphatic carbocycles. The zero-order valence-electron chi connectivity index (χ0n) is 10.4. The van der Waals surface area contributed by atoms with Crippen LogP contribution in [-0.2, 0) is 11.2 Å². The maximum Gasteiger partial charge on any atom is 0.0724 e. The number of hydrogen-bond donors (Lipinski definition) is 1. The largest absolute Gasteiger partial charge is 0.380 e. The van der Waals surface area contributed by atoms with E-state index >= 15 is 0 Å². The molecule has 0 amide bonds. The monoisotopic (exact) mass is 222 g/mol. The number of likely N-dealkylation sites (N-methyl/N-ethyl adjacent to an activating group) is 1. The van der Waals surface area contributed by atoms with Gasteiger partial charge in [-0.15, -0.1) is 0 Å². The standard InChI is InChI=1S/C13H22N2O/c1-4-13(16-3)12(15-5-2)9-11-7-6-8-14-10-11/h6-8,10,12-13,15H,4-5,9H2,1-3H3. The summed E-state index contributed by atoms with van der Waals surface area (Å²) in [7, 11) is 1.78. The molecule has 0 aromatic carbocycles. The van der Waals surface area contributed by atoms with Crippen molar-refractivity contribution in [2.75, 3.05) is 13.7 Å². The van der Waals surface area contributed by atoms with E-state index in [0.29, 0.717) is 6.04 Å². The summed E-state index contributed by atoms with van der Waals surface area (Å²) in [6.07, 6.45) is 5.98. The van der Waals surface area contributed by atoms with Crippen molar-refractivity contribution < 1.29 is 4.74 Å². The van der Waals surface area contributed by atoms with Gasteiger partial charge >= 0.3 is 0 Å². The quantitative estimate of drug-likeness (QED) is 0.766. The fourth-order valence-electron chi connectivity index (χ4n) is 1.99. The molecule has 0 saturated carbocycles. The van der Waals surface area contributed by atoms with Gasteiger partial charge in [0, 0.05) is 25.5 Å². The van der Waals surface area contributed by atoms with Crippen LogP contribution in [0, 0.1) is 0 Å². The highest BCUT2D eigenvalue weighted by molar-refractivity contribution is 5.10. The van der Waals surface area contributed by atoms with Gasteiger partial charge in [-0.3, -0.25) is 4.98 Å². The first-order valence-electron chi connectivity index (χ1n) is 5.96. The minimum absolute atomic E-state index is 0.264. The molecule has 0 radical (unpaired) electrons. The molecule has 0 spiro atoms. The second-order valence-corrected chi connectivity index (χ2v) is 3.91. The molecule has 1 rings (SSSR count). The van der Waals surface area contributed by atoms with E-state index in [0.717, 1.165) is 19.4 Å². The molecule has 0 aliphatic rings. The van der Waals surface area contributed by atoms with Crippen molar-refractivity contribution >= 4 is 0 Å². The van der Waals surface area contributed by atoms with Crippen LogP contribution < -0.4 is 5.32 Å². The van der Waals surface area contributed by atoms with E-state index in [1.165, 1.54) is 5.56 Å². The number of aromatic nitrogens is 1. The van der Waals surface area contributed by atoms with Gasteiger partial charge in [-0.2, -0.15) is 0 Å². The fraction of sp³-hybridized carbons (Fsp3) is 0.615. The highest BCUT2D eigenvalue weighted by atomic mass is 16.5. The minimum Gasteiger partial charge on any atom is -0.380 e. The first kappa shape index (κ1) is 13.1. The number of rotatable bonds is 7. The maximum absolute atomic E-state index is 5.50. The number of methoxy groups -OCH3 is 1. The van der Waals surface area contributed by atoms with E-state index in [9.17, 15) is 0 Å². The summed E-state index contributed by atoms with van der Waals surface area (Å²) in [5, 5.41) is 3.48. The minimum atomic E-state index is 0.264. The lowest BCUT2D eigenvalue weighted by molar-refractivity contribution is 0.0658. The summed E-state index contributed by atoms with van der Waals surface area (Å²) in [4.78, 5) is 4.14. The van der Waals surface area contributed by atoms with Gasteiger partial charge in [-0.1, -0.05) is 19.9 Å². The normalized spacial score (nSPS) is 14.7. The Kier molecular flexibility index (Phi) is 6.04. The number of ether oxygens (including phenoxy) is 1. The molecule has 16 heavy (non-hydrogen) atoms. The van der Waals surface area contributed by atoms with Gasteiger partial charge in [0.05, 0.1) is 6.10 Å². The SMILES string of the molecule is CCNC(Cc1cccnc1)C(CC)OC. The Hall–Kier alpha value is -0.930. The molecular formula is C13H22N2O. The third-order valence-corrected chi connectivity index (χ3v) is 2.80. The molecule has 0 bridgehead atoms. The molecule has 0 fully saturated rings. The molecule has 1 heterocycles. The highest BCUT2D eigenvalue weighted by Gasteiger charge is 2.18. The van der Waals surface area contributed by atoms with Gasteiger partial charge < -0.3 is 10.1 Å². The Balaban J connectivity index is 2.63. The van der Waals surface area contributed by atoms with E-state index in [1.807, 2.05) is 12.3 Å². The topological polar surface area (TPSA) is 34.2 Å². The summed E-state index contributed by atoms with van der Waals surface area (Å²) in [5.41, 5.74) is 1.25. The molecule has 2 unspecified atom stereocenters. The van der Waals surface area contributed by atoms with Crippen LogP contribution >= 0.6 is 0 Å². The van der Waals surface area contributed by atoms with E-state index in [1.54, 1.807) is 13.3 Å². The Morgan fingerprint density at radius 2 is 2.25 bits per heavy atom. The molecule has 1 N–H and O–H groups in total. The summed E-state index contributed by atoms with van der Waals surface area (Å²) >= 11 is 0.